The first-order chi connectivity index (χ1) is 14.6. The molecule has 0 saturated carbocycles. The van der Waals surface area contributed by atoms with Crippen LogP contribution < -0.4 is 0 Å². The predicted octanol–water partition coefficient (Wildman–Crippen LogP) is 4.62. The van der Waals surface area contributed by atoms with Gasteiger partial charge in [-0.3, -0.25) is 4.79 Å². The van der Waals surface area contributed by atoms with Gasteiger partial charge in [-0.25, -0.2) is 13.8 Å². The molecule has 0 unspecified atom stereocenters. The quantitative estimate of drug-likeness (QED) is 0.537. The number of aromatic nitrogens is 2. The molecule has 7 heteroatoms. The highest BCUT2D eigenvalue weighted by atomic mass is 19.1. The number of H-pyrrole nitrogens is 1. The molecule has 2 aromatic heterocycles. The summed E-state index contributed by atoms with van der Waals surface area (Å²) in [7, 11) is 0. The van der Waals surface area contributed by atoms with Gasteiger partial charge in [-0.05, 0) is 42.5 Å². The number of amides is 1. The molecule has 0 spiro atoms. The number of rotatable bonds is 4. The third-order valence-electron chi connectivity index (χ3n) is 5.53. The zero-order valence-electron chi connectivity index (χ0n) is 16.1. The second-order valence-electron chi connectivity index (χ2n) is 7.46. The number of oxazole rings is 1. The summed E-state index contributed by atoms with van der Waals surface area (Å²) < 4.78 is 32.4. The monoisotopic (exact) mass is 407 g/mol. The van der Waals surface area contributed by atoms with Crippen LogP contribution in [0.5, 0.6) is 0 Å². The third kappa shape index (κ3) is 3.47. The summed E-state index contributed by atoms with van der Waals surface area (Å²) in [5.74, 6) is 0.420. The molecule has 30 heavy (non-hydrogen) atoms. The van der Waals surface area contributed by atoms with Gasteiger partial charge in [0.2, 0.25) is 5.91 Å². The molecule has 1 N–H and O–H groups in total. The van der Waals surface area contributed by atoms with Crippen LogP contribution in [0.15, 0.2) is 53.1 Å². The van der Waals surface area contributed by atoms with Gasteiger partial charge in [0.25, 0.3) is 0 Å². The minimum absolute atomic E-state index is 0.00735. The average Bonchev–Trinajstić information content (AvgIpc) is 3.36. The Kier molecular flexibility index (Phi) is 4.58. The number of halogens is 2. The van der Waals surface area contributed by atoms with Crippen molar-refractivity contribution in [2.45, 2.75) is 25.8 Å². The highest BCUT2D eigenvalue weighted by molar-refractivity contribution is 5.86. The second kappa shape index (κ2) is 7.40. The number of carbonyl (C=O) groups is 1. The molecule has 1 amide bonds. The molecule has 4 aromatic rings. The molecule has 1 aliphatic rings. The topological polar surface area (TPSA) is 62.1 Å². The van der Waals surface area contributed by atoms with E-state index in [0.717, 1.165) is 27.7 Å². The van der Waals surface area contributed by atoms with Crippen molar-refractivity contribution in [2.75, 3.05) is 6.54 Å². The number of nitrogens with zero attached hydrogens (tertiary/aromatic N) is 2. The van der Waals surface area contributed by atoms with Crippen LogP contribution in [0.1, 0.15) is 23.6 Å². The Hall–Kier alpha value is -3.48. The molecule has 0 saturated heterocycles. The lowest BCUT2D eigenvalue weighted by Gasteiger charge is -2.27. The van der Waals surface area contributed by atoms with Crippen molar-refractivity contribution in [3.8, 4) is 11.3 Å². The summed E-state index contributed by atoms with van der Waals surface area (Å²) in [4.78, 5) is 22.1. The first-order valence-electron chi connectivity index (χ1n) is 9.84. The van der Waals surface area contributed by atoms with Gasteiger partial charge in [-0.1, -0.05) is 0 Å². The number of aromatic amines is 1. The van der Waals surface area contributed by atoms with Gasteiger partial charge < -0.3 is 14.3 Å². The first kappa shape index (κ1) is 18.5. The first-order valence-corrected chi connectivity index (χ1v) is 9.84. The van der Waals surface area contributed by atoms with E-state index in [-0.39, 0.29) is 24.0 Å². The van der Waals surface area contributed by atoms with Gasteiger partial charge in [0, 0.05) is 60.1 Å². The minimum atomic E-state index is -0.313. The van der Waals surface area contributed by atoms with Crippen LogP contribution >= 0.6 is 0 Å². The second-order valence-corrected chi connectivity index (χ2v) is 7.46. The van der Waals surface area contributed by atoms with Crippen LogP contribution in [0, 0.1) is 11.6 Å². The number of aryl methyl sites for hydroxylation is 1. The fourth-order valence-electron chi connectivity index (χ4n) is 3.94. The fourth-order valence-corrected chi connectivity index (χ4v) is 3.94. The molecule has 152 valence electrons. The number of nitrogens with one attached hydrogen (secondary N) is 1. The van der Waals surface area contributed by atoms with Crippen molar-refractivity contribution in [2.24, 2.45) is 0 Å². The van der Waals surface area contributed by atoms with Crippen molar-refractivity contribution in [1.29, 1.82) is 0 Å². The highest BCUT2D eigenvalue weighted by Crippen LogP contribution is 2.29. The number of hydrogen-bond donors (Lipinski definition) is 1. The lowest BCUT2D eigenvalue weighted by Crippen LogP contribution is -2.35. The van der Waals surface area contributed by atoms with E-state index in [9.17, 15) is 13.6 Å². The van der Waals surface area contributed by atoms with Gasteiger partial charge in [-0.2, -0.15) is 0 Å². The largest absolute Gasteiger partial charge is 0.441 e. The maximum absolute atomic E-state index is 13.7. The minimum Gasteiger partial charge on any atom is -0.441 e. The van der Waals surface area contributed by atoms with E-state index in [0.29, 0.717) is 37.6 Å². The van der Waals surface area contributed by atoms with Gasteiger partial charge in [0.15, 0.2) is 11.7 Å². The number of carbonyl (C=O) groups excluding carboxylic acids is 1. The van der Waals surface area contributed by atoms with Crippen molar-refractivity contribution in [3.63, 3.8) is 0 Å². The Morgan fingerprint density at radius 3 is 2.77 bits per heavy atom. The van der Waals surface area contributed by atoms with Crippen LogP contribution in [-0.2, 0) is 24.2 Å². The zero-order chi connectivity index (χ0) is 20.7. The SMILES string of the molecule is O=C(CCc1ncc(-c2ccc(F)cc2)o1)N1CCc2[nH]c3ccc(F)cc3c2C1. The molecule has 5 nitrogen and oxygen atoms in total. The van der Waals surface area contributed by atoms with Gasteiger partial charge in [0.1, 0.15) is 11.6 Å². The van der Waals surface area contributed by atoms with E-state index >= 15 is 0 Å². The molecular weight excluding hydrogens is 388 g/mol. The lowest BCUT2D eigenvalue weighted by molar-refractivity contribution is -0.132. The number of benzene rings is 2. The number of hydrogen-bond acceptors (Lipinski definition) is 3. The van der Waals surface area contributed by atoms with E-state index in [1.807, 2.05) is 0 Å². The Labute approximate surface area is 171 Å². The summed E-state index contributed by atoms with van der Waals surface area (Å²) in [6, 6.07) is 10.7. The third-order valence-corrected chi connectivity index (χ3v) is 5.53. The predicted molar refractivity (Wildman–Crippen MR) is 108 cm³/mol. The van der Waals surface area contributed by atoms with E-state index < -0.39 is 0 Å². The van der Waals surface area contributed by atoms with Crippen molar-refractivity contribution >= 4 is 16.8 Å². The van der Waals surface area contributed by atoms with Gasteiger partial charge in [-0.15, -0.1) is 0 Å². The Morgan fingerprint density at radius 1 is 1.13 bits per heavy atom. The van der Waals surface area contributed by atoms with E-state index in [1.165, 1.54) is 24.3 Å². The summed E-state index contributed by atoms with van der Waals surface area (Å²) in [5.41, 5.74) is 3.68. The Morgan fingerprint density at radius 2 is 1.93 bits per heavy atom. The summed E-state index contributed by atoms with van der Waals surface area (Å²) in [6.07, 6.45) is 2.95. The summed E-state index contributed by atoms with van der Waals surface area (Å²) >= 11 is 0. The van der Waals surface area contributed by atoms with Crippen LogP contribution in [0.3, 0.4) is 0 Å². The molecule has 0 aliphatic carbocycles. The standard InChI is InChI=1S/C23H19F2N3O2/c24-15-3-1-14(2-4-15)21-12-26-22(30-21)7-8-23(29)28-10-9-20-18(13-28)17-11-16(25)5-6-19(17)27-20/h1-6,11-12,27H,7-10,13H2. The normalized spacial score (nSPS) is 13.6. The van der Waals surface area contributed by atoms with Crippen LogP contribution in [0.2, 0.25) is 0 Å². The molecule has 5 rings (SSSR count). The molecule has 3 heterocycles. The molecule has 0 fully saturated rings. The highest BCUT2D eigenvalue weighted by Gasteiger charge is 2.24. The Balaban J connectivity index is 1.25. The smallest absolute Gasteiger partial charge is 0.223 e. The van der Waals surface area contributed by atoms with Crippen LogP contribution in [0.25, 0.3) is 22.2 Å². The van der Waals surface area contributed by atoms with Gasteiger partial charge >= 0.3 is 0 Å². The molecule has 1 aliphatic heterocycles. The molecule has 2 aromatic carbocycles. The lowest BCUT2D eigenvalue weighted by atomic mass is 10.0. The van der Waals surface area contributed by atoms with E-state index in [4.69, 9.17) is 4.42 Å². The fraction of sp³-hybridized carbons (Fsp3) is 0.217. The van der Waals surface area contributed by atoms with Crippen molar-refractivity contribution in [1.82, 2.24) is 14.9 Å². The summed E-state index contributed by atoms with van der Waals surface area (Å²) in [6.45, 7) is 1.08. The van der Waals surface area contributed by atoms with Gasteiger partial charge in [0.05, 0.1) is 6.20 Å². The van der Waals surface area contributed by atoms with E-state index in [1.54, 1.807) is 29.3 Å². The van der Waals surface area contributed by atoms with Crippen LogP contribution in [0.4, 0.5) is 8.78 Å². The zero-order valence-corrected chi connectivity index (χ0v) is 16.1. The maximum Gasteiger partial charge on any atom is 0.223 e. The average molecular weight is 407 g/mol. The number of fused-ring (bicyclic) bond motifs is 3. The summed E-state index contributed by atoms with van der Waals surface area (Å²) in [5, 5.41) is 0.833. The Bertz CT molecular complexity index is 1230. The van der Waals surface area contributed by atoms with Crippen LogP contribution in [-0.4, -0.2) is 27.3 Å². The molecule has 0 bridgehead atoms. The van der Waals surface area contributed by atoms with Crippen molar-refractivity contribution in [3.05, 3.63) is 77.4 Å². The van der Waals surface area contributed by atoms with Crippen molar-refractivity contribution < 1.29 is 18.0 Å². The van der Waals surface area contributed by atoms with E-state index in [2.05, 4.69) is 9.97 Å². The molecule has 0 radical (unpaired) electrons. The molecular formula is C23H19F2N3O2. The maximum atomic E-state index is 13.7. The molecule has 0 atom stereocenters.